The highest BCUT2D eigenvalue weighted by molar-refractivity contribution is 6.24. The highest BCUT2D eigenvalue weighted by Gasteiger charge is 2.33. The molecule has 0 heterocycles. The van der Waals surface area contributed by atoms with Crippen molar-refractivity contribution < 1.29 is 38.7 Å². The molecule has 0 saturated carbocycles. The molecule has 0 amide bonds. The van der Waals surface area contributed by atoms with Crippen LogP contribution in [0.2, 0.25) is 0 Å². The summed E-state index contributed by atoms with van der Waals surface area (Å²) < 4.78 is 41.6. The first-order valence-electron chi connectivity index (χ1n) is 11.8. The Morgan fingerprint density at radius 1 is 0.385 bits per heavy atom. The van der Waals surface area contributed by atoms with Gasteiger partial charge < -0.3 is 25.5 Å². The van der Waals surface area contributed by atoms with E-state index in [2.05, 4.69) is 0 Å². The van der Waals surface area contributed by atoms with Gasteiger partial charge in [0.25, 0.3) is 0 Å². The minimum atomic E-state index is -4.55. The van der Waals surface area contributed by atoms with Gasteiger partial charge in [-0.05, 0) is 49.5 Å². The lowest BCUT2D eigenvalue weighted by atomic mass is 9.83. The maximum absolute atomic E-state index is 13.9. The average Bonchev–Trinajstić information content (AvgIpc) is 2.94. The molecule has 6 aromatic carbocycles. The van der Waals surface area contributed by atoms with Crippen LogP contribution in [0.25, 0.3) is 54.6 Å². The molecule has 6 rings (SSSR count). The number of alkyl halides is 3. The lowest BCUT2D eigenvalue weighted by Crippen LogP contribution is -2.06. The van der Waals surface area contributed by atoms with Gasteiger partial charge in [-0.3, -0.25) is 0 Å². The van der Waals surface area contributed by atoms with Crippen LogP contribution in [0, 0.1) is 0 Å². The molecule has 39 heavy (non-hydrogen) atoms. The van der Waals surface area contributed by atoms with Crippen molar-refractivity contribution in [3.8, 4) is 51.0 Å². The molecule has 194 valence electrons. The molecule has 8 heteroatoms. The van der Waals surface area contributed by atoms with Crippen LogP contribution in [0.15, 0.2) is 84.9 Å². The van der Waals surface area contributed by atoms with E-state index in [9.17, 15) is 38.7 Å². The predicted octanol–water partition coefficient (Wildman–Crippen LogP) is 8.03. The topological polar surface area (TPSA) is 101 Å². The van der Waals surface area contributed by atoms with Gasteiger partial charge in [0.1, 0.15) is 0 Å². The Kier molecular flexibility index (Phi) is 5.26. The van der Waals surface area contributed by atoms with E-state index in [4.69, 9.17) is 0 Å². The van der Waals surface area contributed by atoms with Crippen molar-refractivity contribution >= 4 is 32.3 Å². The quantitative estimate of drug-likeness (QED) is 0.0890. The Hall–Kier alpha value is -5.11. The summed E-state index contributed by atoms with van der Waals surface area (Å²) in [5, 5.41) is 54.7. The summed E-state index contributed by atoms with van der Waals surface area (Å²) >= 11 is 0. The number of hydrogen-bond acceptors (Lipinski definition) is 5. The van der Waals surface area contributed by atoms with Crippen LogP contribution in [0.3, 0.4) is 0 Å². The first-order valence-corrected chi connectivity index (χ1v) is 11.8. The number of aromatic hydroxyl groups is 5. The molecule has 0 aliphatic rings. The summed E-state index contributed by atoms with van der Waals surface area (Å²) in [6, 6.07) is 22.6. The molecular weight excluding hydrogens is 509 g/mol. The molecular formula is C31H19F3O5. The zero-order valence-corrected chi connectivity index (χ0v) is 20.0. The molecule has 0 fully saturated rings. The monoisotopic (exact) mass is 528 g/mol. The number of rotatable bonds is 2. The van der Waals surface area contributed by atoms with E-state index in [1.54, 1.807) is 66.7 Å². The minimum absolute atomic E-state index is 0.0448. The van der Waals surface area contributed by atoms with Gasteiger partial charge >= 0.3 is 6.18 Å². The SMILES string of the molecule is Oc1c(O)c(O)c(-c2c3ccccc3c(-c3ccc(C(F)(F)F)c4ccccc34)c3ccccc23)c(O)c1O. The summed E-state index contributed by atoms with van der Waals surface area (Å²) in [4.78, 5) is 0. The van der Waals surface area contributed by atoms with E-state index >= 15 is 0 Å². The first kappa shape index (κ1) is 24.2. The third-order valence-corrected chi connectivity index (χ3v) is 7.05. The first-order chi connectivity index (χ1) is 18.6. The van der Waals surface area contributed by atoms with Gasteiger partial charge in [-0.25, -0.2) is 0 Å². The molecule has 5 nitrogen and oxygen atoms in total. The number of benzene rings is 6. The Balaban J connectivity index is 1.83. The molecule has 0 saturated heterocycles. The molecule has 5 N–H and O–H groups in total. The Morgan fingerprint density at radius 2 is 0.769 bits per heavy atom. The number of halogens is 3. The van der Waals surface area contributed by atoms with Crippen LogP contribution < -0.4 is 0 Å². The molecule has 0 radical (unpaired) electrons. The third-order valence-electron chi connectivity index (χ3n) is 7.05. The standard InChI is InChI=1S/C31H19F3O5/c32-31(33,34)22-14-13-21(15-7-1-2-8-16(15)22)23-17-9-3-5-11-19(17)24(20-12-6-4-10-18(20)23)25-26(35)28(37)30(39)29(38)27(25)36/h1-14,35-39H. The summed E-state index contributed by atoms with van der Waals surface area (Å²) in [5.41, 5.74) is 0.362. The van der Waals surface area contributed by atoms with Gasteiger partial charge in [0.05, 0.1) is 11.1 Å². The smallest absolute Gasteiger partial charge is 0.417 e. The predicted molar refractivity (Wildman–Crippen MR) is 143 cm³/mol. The normalized spacial score (nSPS) is 12.0. The number of phenols is 5. The van der Waals surface area contributed by atoms with Gasteiger partial charge in [0.15, 0.2) is 11.5 Å². The van der Waals surface area contributed by atoms with Crippen molar-refractivity contribution in [2.75, 3.05) is 0 Å². The maximum atomic E-state index is 13.9. The highest BCUT2D eigenvalue weighted by atomic mass is 19.4. The van der Waals surface area contributed by atoms with E-state index in [1.807, 2.05) is 0 Å². The van der Waals surface area contributed by atoms with Gasteiger partial charge in [0, 0.05) is 5.56 Å². The van der Waals surface area contributed by atoms with Crippen LogP contribution in [0.5, 0.6) is 28.7 Å². The van der Waals surface area contributed by atoms with E-state index in [-0.39, 0.29) is 16.5 Å². The molecule has 6 aromatic rings. The molecule has 0 aliphatic carbocycles. The summed E-state index contributed by atoms with van der Waals surface area (Å²) in [6.07, 6.45) is -4.55. The summed E-state index contributed by atoms with van der Waals surface area (Å²) in [7, 11) is 0. The maximum Gasteiger partial charge on any atom is 0.417 e. The molecule has 0 aliphatic heterocycles. The van der Waals surface area contributed by atoms with Gasteiger partial charge in [-0.2, -0.15) is 13.2 Å². The van der Waals surface area contributed by atoms with Crippen LogP contribution in [0.1, 0.15) is 5.56 Å². The Morgan fingerprint density at radius 3 is 1.23 bits per heavy atom. The summed E-state index contributed by atoms with van der Waals surface area (Å²) in [6.45, 7) is 0. The molecule has 0 bridgehead atoms. The number of hydrogen-bond donors (Lipinski definition) is 5. The minimum Gasteiger partial charge on any atom is -0.504 e. The molecule has 0 unspecified atom stereocenters. The second-order valence-electron chi connectivity index (χ2n) is 9.16. The molecule has 0 aromatic heterocycles. The number of phenolic OH excluding ortho intramolecular Hbond substituents is 5. The largest absolute Gasteiger partial charge is 0.504 e. The Labute approximate surface area is 218 Å². The third kappa shape index (κ3) is 3.49. The van der Waals surface area contributed by atoms with Crippen LogP contribution in [0.4, 0.5) is 13.2 Å². The van der Waals surface area contributed by atoms with Crippen molar-refractivity contribution in [2.45, 2.75) is 6.18 Å². The van der Waals surface area contributed by atoms with Crippen LogP contribution in [-0.2, 0) is 6.18 Å². The van der Waals surface area contributed by atoms with E-state index in [1.165, 1.54) is 12.1 Å². The fraction of sp³-hybridized carbons (Fsp3) is 0.0323. The second-order valence-corrected chi connectivity index (χ2v) is 9.16. The number of fused-ring (bicyclic) bond motifs is 3. The van der Waals surface area contributed by atoms with Crippen molar-refractivity contribution in [3.05, 3.63) is 90.5 Å². The lowest BCUT2D eigenvalue weighted by molar-refractivity contribution is -0.136. The molecule has 0 spiro atoms. The zero-order valence-electron chi connectivity index (χ0n) is 20.0. The van der Waals surface area contributed by atoms with E-state index < -0.39 is 40.5 Å². The highest BCUT2D eigenvalue weighted by Crippen LogP contribution is 2.58. The van der Waals surface area contributed by atoms with Crippen LogP contribution in [-0.4, -0.2) is 25.5 Å². The Bertz CT molecular complexity index is 1880. The van der Waals surface area contributed by atoms with Crippen molar-refractivity contribution in [2.24, 2.45) is 0 Å². The van der Waals surface area contributed by atoms with Crippen molar-refractivity contribution in [3.63, 3.8) is 0 Å². The lowest BCUT2D eigenvalue weighted by Gasteiger charge is -2.21. The summed E-state index contributed by atoms with van der Waals surface area (Å²) in [5.74, 6) is -4.77. The van der Waals surface area contributed by atoms with E-state index in [0.29, 0.717) is 38.1 Å². The fourth-order valence-corrected chi connectivity index (χ4v) is 5.37. The van der Waals surface area contributed by atoms with Crippen molar-refractivity contribution in [1.29, 1.82) is 0 Å². The van der Waals surface area contributed by atoms with E-state index in [0.717, 1.165) is 6.07 Å². The van der Waals surface area contributed by atoms with Gasteiger partial charge in [-0.15, -0.1) is 0 Å². The second kappa shape index (κ2) is 8.46. The van der Waals surface area contributed by atoms with Gasteiger partial charge in [-0.1, -0.05) is 78.9 Å². The fourth-order valence-electron chi connectivity index (χ4n) is 5.37. The van der Waals surface area contributed by atoms with Gasteiger partial charge in [0.2, 0.25) is 17.2 Å². The van der Waals surface area contributed by atoms with Crippen molar-refractivity contribution in [1.82, 2.24) is 0 Å². The average molecular weight is 528 g/mol. The zero-order chi connectivity index (χ0) is 27.6. The molecule has 0 atom stereocenters. The van der Waals surface area contributed by atoms with Crippen LogP contribution >= 0.6 is 0 Å².